The van der Waals surface area contributed by atoms with Crippen LogP contribution in [0.5, 0.6) is 5.75 Å². The molecule has 5 nitrogen and oxygen atoms in total. The fourth-order valence-electron chi connectivity index (χ4n) is 4.11. The first-order valence-corrected chi connectivity index (χ1v) is 9.46. The summed E-state index contributed by atoms with van der Waals surface area (Å²) in [4.78, 5) is 15.0. The summed E-state index contributed by atoms with van der Waals surface area (Å²) in [5.74, 6) is 1.45. The molecule has 0 radical (unpaired) electrons. The number of methoxy groups -OCH3 is 1. The molecule has 5 heteroatoms. The highest BCUT2D eigenvalue weighted by Gasteiger charge is 2.27. The predicted octanol–water partition coefficient (Wildman–Crippen LogP) is 3.13. The van der Waals surface area contributed by atoms with Crippen molar-refractivity contribution in [2.75, 3.05) is 39.1 Å². The highest BCUT2D eigenvalue weighted by molar-refractivity contribution is 5.97. The normalized spacial score (nSPS) is 24.8. The van der Waals surface area contributed by atoms with Crippen molar-refractivity contribution in [2.45, 2.75) is 44.6 Å². The molecule has 25 heavy (non-hydrogen) atoms. The lowest BCUT2D eigenvalue weighted by Crippen LogP contribution is -2.45. The molecule has 3 rings (SSSR count). The van der Waals surface area contributed by atoms with Crippen molar-refractivity contribution in [1.82, 2.24) is 4.90 Å². The minimum absolute atomic E-state index is 0.189. The van der Waals surface area contributed by atoms with E-state index in [9.17, 15) is 4.79 Å². The molecular weight excluding hydrogens is 316 g/mol. The Morgan fingerprint density at radius 1 is 1.24 bits per heavy atom. The van der Waals surface area contributed by atoms with E-state index in [2.05, 4.69) is 4.90 Å². The number of nitrogens with zero attached hydrogens (tertiary/aromatic N) is 1. The van der Waals surface area contributed by atoms with Gasteiger partial charge >= 0.3 is 0 Å². The first-order chi connectivity index (χ1) is 12.2. The number of morpholine rings is 1. The molecule has 0 atom stereocenters. The van der Waals surface area contributed by atoms with Gasteiger partial charge in [0.1, 0.15) is 5.75 Å². The molecule has 0 bridgehead atoms. The topological polar surface area (TPSA) is 64.8 Å². The number of hydrogen-bond acceptors (Lipinski definition) is 5. The minimum Gasteiger partial charge on any atom is -0.495 e. The lowest BCUT2D eigenvalue weighted by Gasteiger charge is -2.38. The average Bonchev–Trinajstić information content (AvgIpc) is 2.67. The van der Waals surface area contributed by atoms with Gasteiger partial charge in [0.2, 0.25) is 0 Å². The maximum absolute atomic E-state index is 12.5. The van der Waals surface area contributed by atoms with Crippen LogP contribution in [0.25, 0.3) is 0 Å². The molecule has 1 aromatic rings. The molecule has 2 N–H and O–H groups in total. The van der Waals surface area contributed by atoms with Crippen LogP contribution in [0.15, 0.2) is 18.2 Å². The SMILES string of the molecule is COc1cc(C(=O)CCC2CCC(N3CCOCC3)CC2)ccc1N. The first kappa shape index (κ1) is 18.2. The van der Waals surface area contributed by atoms with Gasteiger partial charge < -0.3 is 15.2 Å². The molecule has 2 fully saturated rings. The van der Waals surface area contributed by atoms with Crippen molar-refractivity contribution in [3.05, 3.63) is 23.8 Å². The van der Waals surface area contributed by atoms with Gasteiger partial charge in [-0.1, -0.05) is 0 Å². The molecule has 0 spiro atoms. The summed E-state index contributed by atoms with van der Waals surface area (Å²) in [6.07, 6.45) is 6.59. The van der Waals surface area contributed by atoms with Gasteiger partial charge in [-0.15, -0.1) is 0 Å². The van der Waals surface area contributed by atoms with Crippen LogP contribution >= 0.6 is 0 Å². The van der Waals surface area contributed by atoms with Crippen molar-refractivity contribution in [3.63, 3.8) is 0 Å². The number of rotatable bonds is 6. The molecule has 0 amide bonds. The van der Waals surface area contributed by atoms with Crippen LogP contribution in [0, 0.1) is 5.92 Å². The van der Waals surface area contributed by atoms with Gasteiger partial charge in [0.05, 0.1) is 26.0 Å². The largest absolute Gasteiger partial charge is 0.495 e. The standard InChI is InChI=1S/C20H30N2O3/c1-24-20-14-16(5-8-18(20)21)19(23)9-4-15-2-6-17(7-3-15)22-10-12-25-13-11-22/h5,8,14-15,17H,2-4,6-7,9-13,21H2,1H3. The van der Waals surface area contributed by atoms with E-state index < -0.39 is 0 Å². The maximum Gasteiger partial charge on any atom is 0.163 e. The molecule has 1 saturated carbocycles. The van der Waals surface area contributed by atoms with Crippen LogP contribution in [0.4, 0.5) is 5.69 Å². The van der Waals surface area contributed by atoms with Gasteiger partial charge in [0.25, 0.3) is 0 Å². The number of carbonyl (C=O) groups excluding carboxylic acids is 1. The van der Waals surface area contributed by atoms with Crippen LogP contribution in [0.3, 0.4) is 0 Å². The zero-order valence-corrected chi connectivity index (χ0v) is 15.2. The number of nitrogen functional groups attached to an aromatic ring is 1. The molecule has 1 saturated heterocycles. The quantitative estimate of drug-likeness (QED) is 0.633. The van der Waals surface area contributed by atoms with E-state index in [1.807, 2.05) is 0 Å². The number of hydrogen-bond donors (Lipinski definition) is 1. The molecule has 138 valence electrons. The molecule has 0 aromatic heterocycles. The number of Topliss-reactive ketones (excluding diaryl/α,β-unsaturated/α-hetero) is 1. The number of ketones is 1. The smallest absolute Gasteiger partial charge is 0.163 e. The monoisotopic (exact) mass is 346 g/mol. The minimum atomic E-state index is 0.189. The second-order valence-corrected chi connectivity index (χ2v) is 7.24. The van der Waals surface area contributed by atoms with Gasteiger partial charge in [0.15, 0.2) is 5.78 Å². The first-order valence-electron chi connectivity index (χ1n) is 9.46. The summed E-state index contributed by atoms with van der Waals surface area (Å²) in [7, 11) is 1.58. The lowest BCUT2D eigenvalue weighted by atomic mass is 9.82. The van der Waals surface area contributed by atoms with Crippen molar-refractivity contribution >= 4 is 11.5 Å². The van der Waals surface area contributed by atoms with Crippen LogP contribution in [-0.2, 0) is 4.74 Å². The van der Waals surface area contributed by atoms with Crippen LogP contribution < -0.4 is 10.5 Å². The van der Waals surface area contributed by atoms with Gasteiger partial charge in [-0.25, -0.2) is 0 Å². The summed E-state index contributed by atoms with van der Waals surface area (Å²) < 4.78 is 10.7. The van der Waals surface area contributed by atoms with Crippen LogP contribution in [0.1, 0.15) is 48.9 Å². The Kier molecular flexibility index (Phi) is 6.32. The van der Waals surface area contributed by atoms with E-state index in [0.717, 1.165) is 38.8 Å². The Balaban J connectivity index is 1.44. The maximum atomic E-state index is 12.5. The number of ether oxygens (including phenoxy) is 2. The van der Waals surface area contributed by atoms with E-state index in [1.54, 1.807) is 25.3 Å². The Bertz CT molecular complexity index is 576. The number of anilines is 1. The second kappa shape index (κ2) is 8.68. The zero-order valence-electron chi connectivity index (χ0n) is 15.2. The van der Waals surface area contributed by atoms with E-state index in [1.165, 1.54) is 25.7 Å². The summed E-state index contributed by atoms with van der Waals surface area (Å²) in [5, 5.41) is 0. The van der Waals surface area contributed by atoms with Crippen molar-refractivity contribution in [2.24, 2.45) is 5.92 Å². The molecule has 1 aromatic carbocycles. The van der Waals surface area contributed by atoms with Gasteiger partial charge in [-0.3, -0.25) is 9.69 Å². The Morgan fingerprint density at radius 2 is 1.96 bits per heavy atom. The van der Waals surface area contributed by atoms with Gasteiger partial charge in [-0.05, 0) is 56.2 Å². The summed E-state index contributed by atoms with van der Waals surface area (Å²) in [6.45, 7) is 3.90. The van der Waals surface area contributed by atoms with Crippen LogP contribution in [-0.4, -0.2) is 50.1 Å². The molecular formula is C20H30N2O3. The fraction of sp³-hybridized carbons (Fsp3) is 0.650. The third-order valence-electron chi connectivity index (χ3n) is 5.71. The Morgan fingerprint density at radius 3 is 2.64 bits per heavy atom. The molecule has 0 unspecified atom stereocenters. The van der Waals surface area contributed by atoms with Crippen molar-refractivity contribution in [1.29, 1.82) is 0 Å². The average molecular weight is 346 g/mol. The predicted molar refractivity (Wildman–Crippen MR) is 99.1 cm³/mol. The Hall–Kier alpha value is -1.59. The third-order valence-corrected chi connectivity index (χ3v) is 5.71. The highest BCUT2D eigenvalue weighted by atomic mass is 16.5. The van der Waals surface area contributed by atoms with E-state index >= 15 is 0 Å². The number of carbonyl (C=O) groups is 1. The van der Waals surface area contributed by atoms with Crippen molar-refractivity contribution in [3.8, 4) is 5.75 Å². The van der Waals surface area contributed by atoms with Crippen molar-refractivity contribution < 1.29 is 14.3 Å². The highest BCUT2D eigenvalue weighted by Crippen LogP contribution is 2.31. The van der Waals surface area contributed by atoms with E-state index in [-0.39, 0.29) is 5.78 Å². The fourth-order valence-corrected chi connectivity index (χ4v) is 4.11. The van der Waals surface area contributed by atoms with E-state index in [4.69, 9.17) is 15.2 Å². The lowest BCUT2D eigenvalue weighted by molar-refractivity contribution is 0.00460. The summed E-state index contributed by atoms with van der Waals surface area (Å²) in [5.41, 5.74) is 7.09. The van der Waals surface area contributed by atoms with E-state index in [0.29, 0.717) is 29.3 Å². The zero-order chi connectivity index (χ0) is 17.6. The Labute approximate surface area is 150 Å². The second-order valence-electron chi connectivity index (χ2n) is 7.24. The number of benzene rings is 1. The molecule has 1 heterocycles. The van der Waals surface area contributed by atoms with Crippen LogP contribution in [0.2, 0.25) is 0 Å². The third kappa shape index (κ3) is 4.73. The van der Waals surface area contributed by atoms with Gasteiger partial charge in [0, 0.05) is 31.1 Å². The van der Waals surface area contributed by atoms with Gasteiger partial charge in [-0.2, -0.15) is 0 Å². The molecule has 1 aliphatic carbocycles. The summed E-state index contributed by atoms with van der Waals surface area (Å²) >= 11 is 0. The number of nitrogens with two attached hydrogens (primary N) is 1. The molecule has 2 aliphatic rings. The molecule has 1 aliphatic heterocycles. The summed E-state index contributed by atoms with van der Waals surface area (Å²) in [6, 6.07) is 6.03.